The van der Waals surface area contributed by atoms with Crippen molar-refractivity contribution in [2.24, 2.45) is 0 Å². The highest BCUT2D eigenvalue weighted by Gasteiger charge is 2.24. The average molecular weight is 264 g/mol. The zero-order chi connectivity index (χ0) is 13.0. The molecule has 18 heavy (non-hydrogen) atoms. The Morgan fingerprint density at radius 2 is 2.56 bits per heavy atom. The van der Waals surface area contributed by atoms with Crippen LogP contribution >= 0.6 is 11.3 Å². The van der Waals surface area contributed by atoms with E-state index in [2.05, 4.69) is 12.0 Å². The minimum absolute atomic E-state index is 0.183. The summed E-state index contributed by atoms with van der Waals surface area (Å²) in [5.41, 5.74) is 1.16. The smallest absolute Gasteiger partial charge is 0.219 e. The fraction of sp³-hybridized carbons (Fsp3) is 0.571. The molecule has 98 valence electrons. The molecule has 0 saturated carbocycles. The fourth-order valence-electron chi connectivity index (χ4n) is 2.34. The number of aromatic nitrogens is 1. The van der Waals surface area contributed by atoms with Gasteiger partial charge in [-0.2, -0.15) is 0 Å². The highest BCUT2D eigenvalue weighted by Crippen LogP contribution is 2.29. The molecule has 0 radical (unpaired) electrons. The van der Waals surface area contributed by atoms with Crippen LogP contribution in [0, 0.1) is 0 Å². The predicted molar refractivity (Wildman–Crippen MR) is 74.9 cm³/mol. The monoisotopic (exact) mass is 264 g/mol. The number of hydrogen-bond acceptors (Lipinski definition) is 3. The molecule has 1 saturated heterocycles. The first-order valence-electron chi connectivity index (χ1n) is 6.51. The number of thiazole rings is 1. The van der Waals surface area contributed by atoms with E-state index in [0.717, 1.165) is 44.5 Å². The zero-order valence-electron chi connectivity index (χ0n) is 10.9. The number of hydrogen-bond donors (Lipinski definition) is 0. The SMILES string of the molecule is C=CCCc1csc(C2CCCN(C(C)=O)C2)n1. The number of carbonyl (C=O) groups is 1. The number of aryl methyl sites for hydroxylation is 1. The highest BCUT2D eigenvalue weighted by molar-refractivity contribution is 7.09. The van der Waals surface area contributed by atoms with Gasteiger partial charge in [-0.15, -0.1) is 17.9 Å². The van der Waals surface area contributed by atoms with Crippen molar-refractivity contribution in [2.45, 2.75) is 38.5 Å². The van der Waals surface area contributed by atoms with Crippen molar-refractivity contribution >= 4 is 17.2 Å². The van der Waals surface area contributed by atoms with Crippen molar-refractivity contribution in [3.8, 4) is 0 Å². The van der Waals surface area contributed by atoms with Crippen molar-refractivity contribution in [1.29, 1.82) is 0 Å². The second kappa shape index (κ2) is 6.14. The molecule has 0 spiro atoms. The number of piperidine rings is 1. The van der Waals surface area contributed by atoms with Crippen molar-refractivity contribution in [2.75, 3.05) is 13.1 Å². The van der Waals surface area contributed by atoms with Gasteiger partial charge in [0.25, 0.3) is 0 Å². The zero-order valence-corrected chi connectivity index (χ0v) is 11.7. The Morgan fingerprint density at radius 1 is 1.72 bits per heavy atom. The lowest BCUT2D eigenvalue weighted by Crippen LogP contribution is -2.37. The first-order valence-corrected chi connectivity index (χ1v) is 7.39. The normalized spacial score (nSPS) is 19.8. The second-order valence-electron chi connectivity index (χ2n) is 4.81. The largest absolute Gasteiger partial charge is 0.342 e. The molecule has 0 aliphatic carbocycles. The third-order valence-electron chi connectivity index (χ3n) is 3.39. The maximum absolute atomic E-state index is 11.4. The number of allylic oxidation sites excluding steroid dienone is 1. The Hall–Kier alpha value is -1.16. The van der Waals surface area contributed by atoms with Gasteiger partial charge in [-0.05, 0) is 25.7 Å². The van der Waals surface area contributed by atoms with Crippen molar-refractivity contribution in [1.82, 2.24) is 9.88 Å². The van der Waals surface area contributed by atoms with E-state index in [-0.39, 0.29) is 5.91 Å². The molecule has 2 heterocycles. The number of nitrogens with zero attached hydrogens (tertiary/aromatic N) is 2. The number of carbonyl (C=O) groups excluding carboxylic acids is 1. The Kier molecular flexibility index (Phi) is 4.53. The van der Waals surface area contributed by atoms with Crippen LogP contribution in [0.25, 0.3) is 0 Å². The molecule has 4 heteroatoms. The lowest BCUT2D eigenvalue weighted by molar-refractivity contribution is -0.130. The van der Waals surface area contributed by atoms with Gasteiger partial charge in [-0.3, -0.25) is 4.79 Å². The lowest BCUT2D eigenvalue weighted by Gasteiger charge is -2.30. The number of likely N-dealkylation sites (tertiary alicyclic amines) is 1. The Balaban J connectivity index is 1.99. The van der Waals surface area contributed by atoms with E-state index in [1.54, 1.807) is 18.3 Å². The summed E-state index contributed by atoms with van der Waals surface area (Å²) < 4.78 is 0. The number of rotatable bonds is 4. The summed E-state index contributed by atoms with van der Waals surface area (Å²) in [5.74, 6) is 0.619. The van der Waals surface area contributed by atoms with E-state index in [1.807, 2.05) is 11.0 Å². The highest BCUT2D eigenvalue weighted by atomic mass is 32.1. The molecule has 3 nitrogen and oxygen atoms in total. The van der Waals surface area contributed by atoms with Crippen molar-refractivity contribution < 1.29 is 4.79 Å². The Labute approximate surface area is 113 Å². The summed E-state index contributed by atoms with van der Waals surface area (Å²) in [5, 5.41) is 3.34. The van der Waals surface area contributed by atoms with Crippen LogP contribution in [-0.4, -0.2) is 28.9 Å². The summed E-state index contributed by atoms with van der Waals surface area (Å²) in [6.45, 7) is 7.13. The Morgan fingerprint density at radius 3 is 3.28 bits per heavy atom. The van der Waals surface area contributed by atoms with Gasteiger partial charge >= 0.3 is 0 Å². The molecule has 0 bridgehead atoms. The van der Waals surface area contributed by atoms with E-state index in [1.165, 1.54) is 5.01 Å². The van der Waals surface area contributed by atoms with Crippen LogP contribution in [0.5, 0.6) is 0 Å². The van der Waals surface area contributed by atoms with Gasteiger partial charge in [0.05, 0.1) is 10.7 Å². The third kappa shape index (κ3) is 3.19. The maximum Gasteiger partial charge on any atom is 0.219 e. The second-order valence-corrected chi connectivity index (χ2v) is 5.70. The van der Waals surface area contributed by atoms with Crippen molar-refractivity contribution in [3.63, 3.8) is 0 Å². The van der Waals surface area contributed by atoms with E-state index in [0.29, 0.717) is 5.92 Å². The molecule has 1 amide bonds. The van der Waals surface area contributed by atoms with Crippen LogP contribution in [0.1, 0.15) is 42.8 Å². The molecule has 0 N–H and O–H groups in total. The molecule has 1 unspecified atom stereocenters. The average Bonchev–Trinajstić information content (AvgIpc) is 2.85. The lowest BCUT2D eigenvalue weighted by atomic mass is 9.99. The minimum Gasteiger partial charge on any atom is -0.342 e. The molecule has 1 aromatic heterocycles. The quantitative estimate of drug-likeness (QED) is 0.783. The van der Waals surface area contributed by atoms with Crippen LogP contribution in [0.15, 0.2) is 18.0 Å². The summed E-state index contributed by atoms with van der Waals surface area (Å²) in [6, 6.07) is 0. The molecule has 1 atom stereocenters. The van der Waals surface area contributed by atoms with Gasteiger partial charge in [0, 0.05) is 31.3 Å². The summed E-state index contributed by atoms with van der Waals surface area (Å²) in [7, 11) is 0. The van der Waals surface area contributed by atoms with Gasteiger partial charge in [0.1, 0.15) is 0 Å². The molecular formula is C14H20N2OS. The van der Waals surface area contributed by atoms with E-state index in [9.17, 15) is 4.79 Å². The molecule has 0 aromatic carbocycles. The van der Waals surface area contributed by atoms with Crippen molar-refractivity contribution in [3.05, 3.63) is 28.7 Å². The van der Waals surface area contributed by atoms with E-state index in [4.69, 9.17) is 4.98 Å². The van der Waals surface area contributed by atoms with Gasteiger partial charge in [-0.25, -0.2) is 4.98 Å². The first-order chi connectivity index (χ1) is 8.70. The molecule has 2 rings (SSSR count). The Bertz CT molecular complexity index is 427. The fourth-order valence-corrected chi connectivity index (χ4v) is 3.32. The minimum atomic E-state index is 0.183. The molecule has 1 aliphatic rings. The molecular weight excluding hydrogens is 244 g/mol. The first kappa shape index (κ1) is 13.3. The van der Waals surface area contributed by atoms with Crippen LogP contribution in [0.2, 0.25) is 0 Å². The van der Waals surface area contributed by atoms with E-state index >= 15 is 0 Å². The maximum atomic E-state index is 11.4. The predicted octanol–water partition coefficient (Wildman–Crippen LogP) is 2.99. The molecule has 1 aliphatic heterocycles. The summed E-state index contributed by atoms with van der Waals surface area (Å²) in [4.78, 5) is 18.1. The standard InChI is InChI=1S/C14H20N2OS/c1-3-4-7-13-10-18-14(15-13)12-6-5-8-16(9-12)11(2)17/h3,10,12H,1,4-9H2,2H3. The number of amides is 1. The van der Waals surface area contributed by atoms with Gasteiger partial charge in [0.2, 0.25) is 5.91 Å². The van der Waals surface area contributed by atoms with Crippen LogP contribution in [0.3, 0.4) is 0 Å². The third-order valence-corrected chi connectivity index (χ3v) is 4.45. The molecule has 1 fully saturated rings. The van der Waals surface area contributed by atoms with Crippen LogP contribution < -0.4 is 0 Å². The molecule has 1 aromatic rings. The van der Waals surface area contributed by atoms with Crippen LogP contribution in [0.4, 0.5) is 0 Å². The van der Waals surface area contributed by atoms with Gasteiger partial charge in [0.15, 0.2) is 0 Å². The summed E-state index contributed by atoms with van der Waals surface area (Å²) >= 11 is 1.74. The van der Waals surface area contributed by atoms with Gasteiger partial charge in [-0.1, -0.05) is 6.08 Å². The topological polar surface area (TPSA) is 33.2 Å². The van der Waals surface area contributed by atoms with Crippen LogP contribution in [-0.2, 0) is 11.2 Å². The van der Waals surface area contributed by atoms with E-state index < -0.39 is 0 Å². The van der Waals surface area contributed by atoms with Gasteiger partial charge < -0.3 is 4.90 Å². The summed E-state index contributed by atoms with van der Waals surface area (Å²) in [6.07, 6.45) is 6.12.